The van der Waals surface area contributed by atoms with Gasteiger partial charge in [-0.15, -0.1) is 0 Å². The molecule has 2 rings (SSSR count). The third-order valence-electron chi connectivity index (χ3n) is 2.88. The molecule has 1 unspecified atom stereocenters. The van der Waals surface area contributed by atoms with Gasteiger partial charge in [-0.3, -0.25) is 19.5 Å². The fourth-order valence-corrected chi connectivity index (χ4v) is 2.02. The molecule has 0 spiro atoms. The average molecular weight is 248 g/mol. The van der Waals surface area contributed by atoms with Crippen molar-refractivity contribution in [3.63, 3.8) is 0 Å². The molecule has 0 bridgehead atoms. The Bertz CT molecular complexity index is 492. The third kappa shape index (κ3) is 1.75. The summed E-state index contributed by atoms with van der Waals surface area (Å²) in [7, 11) is 0. The summed E-state index contributed by atoms with van der Waals surface area (Å²) in [4.78, 5) is 39.8. The van der Waals surface area contributed by atoms with E-state index in [0.29, 0.717) is 6.42 Å². The predicted molar refractivity (Wildman–Crippen MR) is 61.1 cm³/mol. The van der Waals surface area contributed by atoms with Crippen LogP contribution in [0.1, 0.15) is 40.5 Å². The number of amides is 2. The quantitative estimate of drug-likeness (QED) is 0.801. The summed E-state index contributed by atoms with van der Waals surface area (Å²) >= 11 is 0. The SMILES string of the molecule is CCCC(C(=O)O)N1C(=O)c2ccncc2C1=O. The van der Waals surface area contributed by atoms with Gasteiger partial charge in [0, 0.05) is 12.4 Å². The molecule has 1 atom stereocenters. The number of hydrogen-bond acceptors (Lipinski definition) is 4. The van der Waals surface area contributed by atoms with E-state index in [9.17, 15) is 14.4 Å². The zero-order valence-corrected chi connectivity index (χ0v) is 9.79. The highest BCUT2D eigenvalue weighted by Gasteiger charge is 2.42. The predicted octanol–water partition coefficient (Wildman–Crippen LogP) is 0.931. The third-order valence-corrected chi connectivity index (χ3v) is 2.88. The monoisotopic (exact) mass is 248 g/mol. The van der Waals surface area contributed by atoms with Crippen molar-refractivity contribution in [2.24, 2.45) is 0 Å². The van der Waals surface area contributed by atoms with E-state index < -0.39 is 23.8 Å². The Kier molecular flexibility index (Phi) is 3.10. The Balaban J connectivity index is 2.41. The van der Waals surface area contributed by atoms with Crippen molar-refractivity contribution in [3.05, 3.63) is 29.6 Å². The molecule has 1 N–H and O–H groups in total. The van der Waals surface area contributed by atoms with Crippen molar-refractivity contribution in [2.45, 2.75) is 25.8 Å². The fourth-order valence-electron chi connectivity index (χ4n) is 2.02. The molecule has 18 heavy (non-hydrogen) atoms. The summed E-state index contributed by atoms with van der Waals surface area (Å²) in [5.41, 5.74) is 0.391. The van der Waals surface area contributed by atoms with Crippen LogP contribution in [-0.4, -0.2) is 38.8 Å². The van der Waals surface area contributed by atoms with Gasteiger partial charge in [0.1, 0.15) is 6.04 Å². The van der Waals surface area contributed by atoms with Gasteiger partial charge in [-0.2, -0.15) is 0 Å². The summed E-state index contributed by atoms with van der Waals surface area (Å²) in [6.45, 7) is 1.80. The van der Waals surface area contributed by atoms with E-state index >= 15 is 0 Å². The Labute approximate surface area is 103 Å². The Morgan fingerprint density at radius 3 is 2.61 bits per heavy atom. The number of rotatable bonds is 4. The zero-order chi connectivity index (χ0) is 13.3. The molecule has 94 valence electrons. The maximum Gasteiger partial charge on any atom is 0.326 e. The normalized spacial score (nSPS) is 15.7. The van der Waals surface area contributed by atoms with E-state index in [4.69, 9.17) is 5.11 Å². The number of nitrogens with zero attached hydrogens (tertiary/aromatic N) is 2. The summed E-state index contributed by atoms with van der Waals surface area (Å²) < 4.78 is 0. The number of aliphatic carboxylic acids is 1. The van der Waals surface area contributed by atoms with Gasteiger partial charge in [-0.05, 0) is 12.5 Å². The number of carboxylic acid groups (broad SMARTS) is 1. The van der Waals surface area contributed by atoms with Crippen LogP contribution in [-0.2, 0) is 4.79 Å². The van der Waals surface area contributed by atoms with Gasteiger partial charge in [0.2, 0.25) is 0 Å². The van der Waals surface area contributed by atoms with Crippen molar-refractivity contribution in [1.29, 1.82) is 0 Å². The first-order valence-electron chi connectivity index (χ1n) is 5.62. The molecule has 0 aromatic carbocycles. The number of carbonyl (C=O) groups excluding carboxylic acids is 2. The molecule has 0 saturated carbocycles. The van der Waals surface area contributed by atoms with E-state index in [1.807, 2.05) is 0 Å². The molecule has 0 radical (unpaired) electrons. The molecule has 6 heteroatoms. The van der Waals surface area contributed by atoms with Gasteiger partial charge < -0.3 is 5.11 Å². The van der Waals surface area contributed by atoms with Crippen LogP contribution in [0.15, 0.2) is 18.5 Å². The van der Waals surface area contributed by atoms with Crippen LogP contribution in [0.3, 0.4) is 0 Å². The van der Waals surface area contributed by atoms with E-state index in [2.05, 4.69) is 4.98 Å². The molecule has 1 aromatic heterocycles. The molecule has 1 aliphatic rings. The molecule has 1 aromatic rings. The van der Waals surface area contributed by atoms with Crippen LogP contribution in [0.4, 0.5) is 0 Å². The molecule has 2 amide bonds. The van der Waals surface area contributed by atoms with Gasteiger partial charge >= 0.3 is 5.97 Å². The summed E-state index contributed by atoms with van der Waals surface area (Å²) in [5, 5.41) is 9.12. The van der Waals surface area contributed by atoms with Gasteiger partial charge in [0.05, 0.1) is 11.1 Å². The number of carboxylic acids is 1. The van der Waals surface area contributed by atoms with E-state index in [0.717, 1.165) is 4.90 Å². The summed E-state index contributed by atoms with van der Waals surface area (Å²) in [6.07, 6.45) is 3.51. The minimum atomic E-state index is -1.17. The van der Waals surface area contributed by atoms with Gasteiger partial charge in [-0.25, -0.2) is 4.79 Å². The van der Waals surface area contributed by atoms with Crippen LogP contribution in [0.5, 0.6) is 0 Å². The highest BCUT2D eigenvalue weighted by Crippen LogP contribution is 2.25. The second-order valence-electron chi connectivity index (χ2n) is 4.04. The molecule has 1 aliphatic heterocycles. The first kappa shape index (κ1) is 12.2. The zero-order valence-electron chi connectivity index (χ0n) is 9.79. The molecule has 6 nitrogen and oxygen atoms in total. The van der Waals surface area contributed by atoms with Crippen LogP contribution >= 0.6 is 0 Å². The largest absolute Gasteiger partial charge is 0.480 e. The lowest BCUT2D eigenvalue weighted by Crippen LogP contribution is -2.44. The first-order chi connectivity index (χ1) is 8.57. The Hall–Kier alpha value is -2.24. The topological polar surface area (TPSA) is 87.6 Å². The van der Waals surface area contributed by atoms with Crippen LogP contribution < -0.4 is 0 Å². The van der Waals surface area contributed by atoms with Crippen molar-refractivity contribution >= 4 is 17.8 Å². The molecule has 0 fully saturated rings. The summed E-state index contributed by atoms with van der Waals surface area (Å²) in [6, 6.07) is 0.322. The molecule has 2 heterocycles. The van der Waals surface area contributed by atoms with Gasteiger partial charge in [0.15, 0.2) is 0 Å². The minimum Gasteiger partial charge on any atom is -0.480 e. The summed E-state index contributed by atoms with van der Waals surface area (Å²) in [5.74, 6) is -2.30. The van der Waals surface area contributed by atoms with Crippen LogP contribution in [0.2, 0.25) is 0 Å². The van der Waals surface area contributed by atoms with Crippen molar-refractivity contribution in [3.8, 4) is 0 Å². The number of imide groups is 1. The molecular formula is C12H12N2O4. The van der Waals surface area contributed by atoms with E-state index in [1.165, 1.54) is 18.5 Å². The number of pyridine rings is 1. The van der Waals surface area contributed by atoms with Crippen LogP contribution in [0.25, 0.3) is 0 Å². The average Bonchev–Trinajstić information content (AvgIpc) is 2.60. The highest BCUT2D eigenvalue weighted by atomic mass is 16.4. The van der Waals surface area contributed by atoms with E-state index in [-0.39, 0.29) is 17.5 Å². The van der Waals surface area contributed by atoms with E-state index in [1.54, 1.807) is 6.92 Å². The van der Waals surface area contributed by atoms with Gasteiger partial charge in [0.25, 0.3) is 11.8 Å². The number of aromatic nitrogens is 1. The van der Waals surface area contributed by atoms with Crippen molar-refractivity contribution in [1.82, 2.24) is 9.88 Å². The maximum atomic E-state index is 12.0. The Morgan fingerprint density at radius 2 is 2.06 bits per heavy atom. The lowest BCUT2D eigenvalue weighted by Gasteiger charge is -2.21. The second kappa shape index (κ2) is 4.56. The van der Waals surface area contributed by atoms with Gasteiger partial charge in [-0.1, -0.05) is 13.3 Å². The lowest BCUT2D eigenvalue weighted by atomic mass is 10.1. The fraction of sp³-hybridized carbons (Fsp3) is 0.333. The van der Waals surface area contributed by atoms with Crippen molar-refractivity contribution < 1.29 is 19.5 Å². The molecule has 0 saturated heterocycles. The standard InChI is InChI=1S/C12H12N2O4/c1-2-3-9(12(17)18)14-10(15)7-4-5-13-6-8(7)11(14)16/h4-6,9H,2-3H2,1H3,(H,17,18). The first-order valence-corrected chi connectivity index (χ1v) is 5.62. The molecular weight excluding hydrogens is 236 g/mol. The number of carbonyl (C=O) groups is 3. The molecule has 0 aliphatic carbocycles. The Morgan fingerprint density at radius 1 is 1.39 bits per heavy atom. The lowest BCUT2D eigenvalue weighted by molar-refractivity contribution is -0.141. The second-order valence-corrected chi connectivity index (χ2v) is 4.04. The van der Waals surface area contributed by atoms with Crippen LogP contribution in [0, 0.1) is 0 Å². The minimum absolute atomic E-state index is 0.171. The van der Waals surface area contributed by atoms with Crippen molar-refractivity contribution in [2.75, 3.05) is 0 Å². The number of fused-ring (bicyclic) bond motifs is 1. The highest BCUT2D eigenvalue weighted by molar-refractivity contribution is 6.22. The maximum absolute atomic E-state index is 12.0. The smallest absolute Gasteiger partial charge is 0.326 e. The number of hydrogen-bond donors (Lipinski definition) is 1.